The number of rotatable bonds is 3. The molecule has 0 bridgehead atoms. The lowest BCUT2D eigenvalue weighted by Crippen LogP contribution is -2.26. The number of carbonyl (C=O) groups excluding carboxylic acids is 1. The van der Waals surface area contributed by atoms with Crippen LogP contribution < -0.4 is 0 Å². The van der Waals surface area contributed by atoms with E-state index in [0.717, 1.165) is 0 Å². The van der Waals surface area contributed by atoms with Crippen molar-refractivity contribution in [1.82, 2.24) is 0 Å². The van der Waals surface area contributed by atoms with Gasteiger partial charge in [0.25, 0.3) is 0 Å². The van der Waals surface area contributed by atoms with Crippen molar-refractivity contribution in [3.05, 3.63) is 12.7 Å². The lowest BCUT2D eigenvalue weighted by atomic mass is 10.3. The van der Waals surface area contributed by atoms with Gasteiger partial charge in [0.1, 0.15) is 0 Å². The number of hydrogen-bond acceptors (Lipinski definition) is 2. The summed E-state index contributed by atoms with van der Waals surface area (Å²) in [4.78, 5) is 10.7. The van der Waals surface area contributed by atoms with Crippen LogP contribution in [-0.2, 0) is 9.53 Å². The van der Waals surface area contributed by atoms with Gasteiger partial charge in [-0.2, -0.15) is 0 Å². The second-order valence-corrected chi connectivity index (χ2v) is 3.17. The highest BCUT2D eigenvalue weighted by atomic mass is 35.5. The fourth-order valence-electron chi connectivity index (χ4n) is 0.414. The van der Waals surface area contributed by atoms with E-state index in [9.17, 15) is 4.79 Å². The molecule has 0 amide bonds. The lowest BCUT2D eigenvalue weighted by molar-refractivity contribution is -0.141. The molecular weight excluding hydrogens is 175 g/mol. The molecule has 0 spiro atoms. The van der Waals surface area contributed by atoms with Crippen molar-refractivity contribution in [3.8, 4) is 0 Å². The summed E-state index contributed by atoms with van der Waals surface area (Å²) in [6.07, 6.45) is 1.64. The smallest absolute Gasteiger partial charge is 0.342 e. The van der Waals surface area contributed by atoms with E-state index in [4.69, 9.17) is 23.2 Å². The van der Waals surface area contributed by atoms with Crippen LogP contribution in [0, 0.1) is 0 Å². The van der Waals surface area contributed by atoms with Gasteiger partial charge in [-0.3, -0.25) is 0 Å². The number of methoxy groups -OCH3 is 1. The van der Waals surface area contributed by atoms with Gasteiger partial charge in [-0.05, 0) is 0 Å². The van der Waals surface area contributed by atoms with Crippen molar-refractivity contribution >= 4 is 29.2 Å². The Labute approximate surface area is 69.8 Å². The van der Waals surface area contributed by atoms with Gasteiger partial charge in [0, 0.05) is 6.42 Å². The molecule has 0 aromatic carbocycles. The van der Waals surface area contributed by atoms with E-state index in [2.05, 4.69) is 11.3 Å². The van der Waals surface area contributed by atoms with Gasteiger partial charge in [-0.15, -0.1) is 6.58 Å². The first-order chi connectivity index (χ1) is 4.54. The zero-order valence-corrected chi connectivity index (χ0v) is 7.08. The standard InChI is InChI=1S/C6H8Cl2O2/c1-3-4-6(7,8)5(9)10-2/h3H,1,4H2,2H3. The molecule has 0 aliphatic heterocycles. The normalized spacial score (nSPS) is 10.7. The van der Waals surface area contributed by atoms with Crippen LogP contribution in [0.4, 0.5) is 0 Å². The molecule has 0 N–H and O–H groups in total. The van der Waals surface area contributed by atoms with Gasteiger partial charge in [-0.1, -0.05) is 29.3 Å². The molecule has 0 radical (unpaired) electrons. The molecule has 0 saturated heterocycles. The van der Waals surface area contributed by atoms with Crippen molar-refractivity contribution in [2.45, 2.75) is 10.8 Å². The second-order valence-electron chi connectivity index (χ2n) is 1.69. The van der Waals surface area contributed by atoms with Crippen LogP contribution in [0.25, 0.3) is 0 Å². The number of allylic oxidation sites excluding steroid dienone is 1. The number of esters is 1. The molecule has 4 heteroatoms. The quantitative estimate of drug-likeness (QED) is 0.379. The Morgan fingerprint density at radius 2 is 2.30 bits per heavy atom. The van der Waals surface area contributed by atoms with E-state index in [-0.39, 0.29) is 6.42 Å². The Kier molecular flexibility index (Phi) is 3.76. The first-order valence-corrected chi connectivity index (χ1v) is 3.37. The van der Waals surface area contributed by atoms with E-state index >= 15 is 0 Å². The monoisotopic (exact) mass is 182 g/mol. The third-order valence-corrected chi connectivity index (χ3v) is 1.50. The average molecular weight is 183 g/mol. The summed E-state index contributed by atoms with van der Waals surface area (Å²) < 4.78 is 2.84. The van der Waals surface area contributed by atoms with Crippen LogP contribution in [0.1, 0.15) is 6.42 Å². The maximum absolute atomic E-state index is 10.7. The molecule has 0 heterocycles. The van der Waals surface area contributed by atoms with E-state index < -0.39 is 10.3 Å². The summed E-state index contributed by atoms with van der Waals surface area (Å²) in [6.45, 7) is 3.39. The predicted molar refractivity (Wildman–Crippen MR) is 41.3 cm³/mol. The topological polar surface area (TPSA) is 26.3 Å². The maximum Gasteiger partial charge on any atom is 0.342 e. The first kappa shape index (κ1) is 9.79. The summed E-state index contributed by atoms with van der Waals surface area (Å²) in [7, 11) is 1.23. The summed E-state index contributed by atoms with van der Waals surface area (Å²) in [5.74, 6) is -0.657. The lowest BCUT2D eigenvalue weighted by Gasteiger charge is -2.13. The second kappa shape index (κ2) is 3.84. The molecule has 0 fully saturated rings. The van der Waals surface area contributed by atoms with Gasteiger partial charge >= 0.3 is 5.97 Å². The van der Waals surface area contributed by atoms with Crippen LogP contribution in [0.15, 0.2) is 12.7 Å². The highest BCUT2D eigenvalue weighted by Gasteiger charge is 2.33. The Morgan fingerprint density at radius 3 is 2.60 bits per heavy atom. The minimum atomic E-state index is -1.48. The summed E-state index contributed by atoms with van der Waals surface area (Å²) in [6, 6.07) is 0. The molecule has 0 aliphatic carbocycles. The van der Waals surface area contributed by atoms with Crippen molar-refractivity contribution in [2.24, 2.45) is 0 Å². The number of halogens is 2. The third kappa shape index (κ3) is 2.58. The van der Waals surface area contributed by atoms with Crippen LogP contribution >= 0.6 is 23.2 Å². The van der Waals surface area contributed by atoms with Crippen LogP contribution in [0.2, 0.25) is 0 Å². The highest BCUT2D eigenvalue weighted by Crippen LogP contribution is 2.26. The zero-order chi connectivity index (χ0) is 8.20. The van der Waals surface area contributed by atoms with E-state index in [0.29, 0.717) is 0 Å². The van der Waals surface area contributed by atoms with Gasteiger partial charge in [0.05, 0.1) is 7.11 Å². The minimum absolute atomic E-state index is 0.183. The third-order valence-electron chi connectivity index (χ3n) is 0.885. The van der Waals surface area contributed by atoms with Gasteiger partial charge in [0.2, 0.25) is 4.33 Å². The number of hydrogen-bond donors (Lipinski definition) is 0. The van der Waals surface area contributed by atoms with Crippen molar-refractivity contribution < 1.29 is 9.53 Å². The SMILES string of the molecule is C=CCC(Cl)(Cl)C(=O)OC. The molecule has 0 atom stereocenters. The molecule has 2 nitrogen and oxygen atoms in total. The summed E-state index contributed by atoms with van der Waals surface area (Å²) >= 11 is 11.0. The van der Waals surface area contributed by atoms with Crippen molar-refractivity contribution in [2.75, 3.05) is 7.11 Å². The van der Waals surface area contributed by atoms with Gasteiger partial charge < -0.3 is 4.74 Å². The number of alkyl halides is 2. The molecule has 0 rings (SSSR count). The van der Waals surface area contributed by atoms with Crippen LogP contribution in [0.3, 0.4) is 0 Å². The molecule has 58 valence electrons. The van der Waals surface area contributed by atoms with E-state index in [1.807, 2.05) is 0 Å². The summed E-state index contributed by atoms with van der Waals surface area (Å²) in [5.41, 5.74) is 0. The molecule has 0 unspecified atom stereocenters. The van der Waals surface area contributed by atoms with Gasteiger partial charge in [-0.25, -0.2) is 4.79 Å². The maximum atomic E-state index is 10.7. The largest absolute Gasteiger partial charge is 0.467 e. The fraction of sp³-hybridized carbons (Fsp3) is 0.500. The first-order valence-electron chi connectivity index (χ1n) is 2.61. The van der Waals surface area contributed by atoms with Crippen molar-refractivity contribution in [3.63, 3.8) is 0 Å². The molecule has 0 aliphatic rings. The fourth-order valence-corrected chi connectivity index (χ4v) is 0.786. The predicted octanol–water partition coefficient (Wildman–Crippen LogP) is 1.91. The van der Waals surface area contributed by atoms with Crippen LogP contribution in [0.5, 0.6) is 0 Å². The minimum Gasteiger partial charge on any atom is -0.467 e. The van der Waals surface area contributed by atoms with Crippen molar-refractivity contribution in [1.29, 1.82) is 0 Å². The van der Waals surface area contributed by atoms with Crippen LogP contribution in [-0.4, -0.2) is 17.4 Å². The molecule has 0 aromatic heterocycles. The molecule has 10 heavy (non-hydrogen) atoms. The Bertz CT molecular complexity index is 143. The Morgan fingerprint density at radius 1 is 1.80 bits per heavy atom. The molecular formula is C6H8Cl2O2. The highest BCUT2D eigenvalue weighted by molar-refractivity contribution is 6.57. The van der Waals surface area contributed by atoms with E-state index in [1.54, 1.807) is 0 Å². The number of carbonyl (C=O) groups is 1. The Hall–Kier alpha value is -0.210. The average Bonchev–Trinajstić information content (AvgIpc) is 1.86. The number of ether oxygens (including phenoxy) is 1. The summed E-state index contributed by atoms with van der Waals surface area (Å²) in [5, 5.41) is 0. The van der Waals surface area contributed by atoms with Gasteiger partial charge in [0.15, 0.2) is 0 Å². The van der Waals surface area contributed by atoms with E-state index in [1.165, 1.54) is 13.2 Å². The molecule has 0 aromatic rings. The zero-order valence-electron chi connectivity index (χ0n) is 5.56. The molecule has 0 saturated carbocycles. The Balaban J connectivity index is 4.08.